The first-order valence-corrected chi connectivity index (χ1v) is 6.46. The summed E-state index contributed by atoms with van der Waals surface area (Å²) in [7, 11) is 0. The highest BCUT2D eigenvalue weighted by molar-refractivity contribution is 4.95. The highest BCUT2D eigenvalue weighted by atomic mass is 15.2. The van der Waals surface area contributed by atoms with Gasteiger partial charge in [0.2, 0.25) is 0 Å². The van der Waals surface area contributed by atoms with E-state index in [0.717, 1.165) is 6.54 Å². The number of nitriles is 1. The second-order valence-corrected chi connectivity index (χ2v) is 5.33. The summed E-state index contributed by atoms with van der Waals surface area (Å²) >= 11 is 0. The minimum absolute atomic E-state index is 0.0389. The molecule has 0 aliphatic carbocycles. The van der Waals surface area contributed by atoms with Gasteiger partial charge in [0, 0.05) is 24.7 Å². The first kappa shape index (κ1) is 13.5. The molecule has 0 aromatic rings. The van der Waals surface area contributed by atoms with Gasteiger partial charge >= 0.3 is 0 Å². The van der Waals surface area contributed by atoms with Crippen LogP contribution in [0.5, 0.6) is 0 Å². The van der Waals surface area contributed by atoms with E-state index in [1.807, 2.05) is 0 Å². The Kier molecular flexibility index (Phi) is 5.24. The van der Waals surface area contributed by atoms with Crippen molar-refractivity contribution in [2.45, 2.75) is 71.1 Å². The van der Waals surface area contributed by atoms with E-state index in [1.54, 1.807) is 0 Å². The number of rotatable bonds is 4. The van der Waals surface area contributed by atoms with Crippen molar-refractivity contribution < 1.29 is 0 Å². The number of hydrogen-bond donors (Lipinski definition) is 1. The molecule has 92 valence electrons. The average Bonchev–Trinajstić information content (AvgIpc) is 2.21. The third kappa shape index (κ3) is 3.77. The van der Waals surface area contributed by atoms with Gasteiger partial charge in [-0.2, -0.15) is 5.26 Å². The van der Waals surface area contributed by atoms with Crippen LogP contribution in [-0.4, -0.2) is 35.6 Å². The fraction of sp³-hybridized carbons (Fsp3) is 0.923. The Balaban J connectivity index is 2.52. The molecule has 3 heteroatoms. The molecule has 1 saturated heterocycles. The molecule has 16 heavy (non-hydrogen) atoms. The molecule has 1 N–H and O–H groups in total. The van der Waals surface area contributed by atoms with Gasteiger partial charge in [0.15, 0.2) is 0 Å². The van der Waals surface area contributed by atoms with Gasteiger partial charge in [-0.05, 0) is 40.5 Å². The molecule has 3 atom stereocenters. The summed E-state index contributed by atoms with van der Waals surface area (Å²) in [4.78, 5) is 2.48. The van der Waals surface area contributed by atoms with Crippen molar-refractivity contribution in [1.29, 1.82) is 5.26 Å². The molecule has 0 aromatic heterocycles. The molecule has 0 radical (unpaired) electrons. The molecular formula is C13H25N3. The summed E-state index contributed by atoms with van der Waals surface area (Å²) in [6.45, 7) is 9.59. The maximum Gasteiger partial charge on any atom is 0.108 e. The number of nitrogens with one attached hydrogen (secondary N) is 1. The van der Waals surface area contributed by atoms with Crippen molar-refractivity contribution >= 4 is 0 Å². The zero-order chi connectivity index (χ0) is 12.1. The topological polar surface area (TPSA) is 39.1 Å². The minimum atomic E-state index is -0.0389. The van der Waals surface area contributed by atoms with Crippen LogP contribution >= 0.6 is 0 Å². The third-order valence-corrected chi connectivity index (χ3v) is 3.46. The van der Waals surface area contributed by atoms with Gasteiger partial charge in [-0.25, -0.2) is 0 Å². The predicted molar refractivity (Wildman–Crippen MR) is 67.2 cm³/mol. The fourth-order valence-electron chi connectivity index (χ4n) is 2.58. The van der Waals surface area contributed by atoms with Crippen molar-refractivity contribution in [2.75, 3.05) is 6.54 Å². The van der Waals surface area contributed by atoms with E-state index in [-0.39, 0.29) is 6.04 Å². The lowest BCUT2D eigenvalue weighted by Crippen LogP contribution is -2.51. The van der Waals surface area contributed by atoms with Crippen LogP contribution in [0.3, 0.4) is 0 Å². The molecule has 1 aliphatic heterocycles. The van der Waals surface area contributed by atoms with Crippen molar-refractivity contribution in [2.24, 2.45) is 0 Å². The Morgan fingerprint density at radius 1 is 1.31 bits per heavy atom. The molecule has 1 aliphatic rings. The van der Waals surface area contributed by atoms with Gasteiger partial charge in [0.05, 0.1) is 6.07 Å². The average molecular weight is 223 g/mol. The summed E-state index contributed by atoms with van der Waals surface area (Å²) in [6.07, 6.45) is 3.86. The monoisotopic (exact) mass is 223 g/mol. The molecule has 1 fully saturated rings. The minimum Gasteiger partial charge on any atom is -0.299 e. The zero-order valence-electron chi connectivity index (χ0n) is 11.0. The molecule has 0 aromatic carbocycles. The second-order valence-electron chi connectivity index (χ2n) is 5.33. The molecule has 0 bridgehead atoms. The van der Waals surface area contributed by atoms with Crippen LogP contribution in [-0.2, 0) is 0 Å². The Morgan fingerprint density at radius 2 is 1.88 bits per heavy atom. The van der Waals surface area contributed by atoms with E-state index < -0.39 is 0 Å². The van der Waals surface area contributed by atoms with Crippen LogP contribution < -0.4 is 5.32 Å². The van der Waals surface area contributed by atoms with Crippen molar-refractivity contribution in [3.05, 3.63) is 0 Å². The van der Waals surface area contributed by atoms with Crippen molar-refractivity contribution in [1.82, 2.24) is 10.2 Å². The Hall–Kier alpha value is -0.590. The zero-order valence-corrected chi connectivity index (χ0v) is 11.0. The van der Waals surface area contributed by atoms with Gasteiger partial charge in [-0.15, -0.1) is 0 Å². The van der Waals surface area contributed by atoms with Crippen LogP contribution in [0.15, 0.2) is 0 Å². The molecule has 0 spiro atoms. The first-order valence-electron chi connectivity index (χ1n) is 6.46. The first-order chi connectivity index (χ1) is 7.54. The Labute approximate surface area is 99.8 Å². The van der Waals surface area contributed by atoms with Crippen LogP contribution in [0, 0.1) is 11.3 Å². The Morgan fingerprint density at radius 3 is 2.31 bits per heavy atom. The van der Waals surface area contributed by atoms with Gasteiger partial charge in [0.25, 0.3) is 0 Å². The van der Waals surface area contributed by atoms with E-state index in [9.17, 15) is 0 Å². The molecule has 3 nitrogen and oxygen atoms in total. The highest BCUT2D eigenvalue weighted by Gasteiger charge is 2.26. The van der Waals surface area contributed by atoms with Crippen molar-refractivity contribution in [3.63, 3.8) is 0 Å². The SMILES string of the molecule is CC(C)NC(C#N)CN1C(C)CCCC1C. The number of nitrogens with zero attached hydrogens (tertiary/aromatic N) is 2. The second kappa shape index (κ2) is 6.22. The summed E-state index contributed by atoms with van der Waals surface area (Å²) in [5.41, 5.74) is 0. The lowest BCUT2D eigenvalue weighted by Gasteiger charge is -2.40. The lowest BCUT2D eigenvalue weighted by atomic mass is 9.97. The predicted octanol–water partition coefficient (Wildman–Crippen LogP) is 2.14. The fourth-order valence-corrected chi connectivity index (χ4v) is 2.58. The van der Waals surface area contributed by atoms with Crippen LogP contribution in [0.2, 0.25) is 0 Å². The summed E-state index contributed by atoms with van der Waals surface area (Å²) in [5.74, 6) is 0. The number of piperidine rings is 1. The standard InChI is InChI=1S/C13H25N3/c1-10(2)15-13(8-14)9-16-11(3)6-5-7-12(16)4/h10-13,15H,5-7,9H2,1-4H3. The lowest BCUT2D eigenvalue weighted by molar-refractivity contribution is 0.0965. The van der Waals surface area contributed by atoms with E-state index in [0.29, 0.717) is 18.1 Å². The van der Waals surface area contributed by atoms with Crippen LogP contribution in [0.4, 0.5) is 0 Å². The summed E-state index contributed by atoms with van der Waals surface area (Å²) in [5, 5.41) is 12.5. The van der Waals surface area contributed by atoms with Crippen LogP contribution in [0.1, 0.15) is 47.0 Å². The maximum atomic E-state index is 9.14. The molecule has 0 saturated carbocycles. The highest BCUT2D eigenvalue weighted by Crippen LogP contribution is 2.22. The van der Waals surface area contributed by atoms with E-state index >= 15 is 0 Å². The third-order valence-electron chi connectivity index (χ3n) is 3.46. The summed E-state index contributed by atoms with van der Waals surface area (Å²) in [6, 6.07) is 3.94. The van der Waals surface area contributed by atoms with E-state index in [1.165, 1.54) is 19.3 Å². The largest absolute Gasteiger partial charge is 0.299 e. The van der Waals surface area contributed by atoms with E-state index in [4.69, 9.17) is 5.26 Å². The molecule has 0 amide bonds. The molecular weight excluding hydrogens is 198 g/mol. The smallest absolute Gasteiger partial charge is 0.108 e. The van der Waals surface area contributed by atoms with Crippen LogP contribution in [0.25, 0.3) is 0 Å². The summed E-state index contributed by atoms with van der Waals surface area (Å²) < 4.78 is 0. The quantitative estimate of drug-likeness (QED) is 0.793. The normalized spacial score (nSPS) is 29.0. The Bertz CT molecular complexity index is 234. The van der Waals surface area contributed by atoms with E-state index in [2.05, 4.69) is 44.0 Å². The van der Waals surface area contributed by atoms with Crippen molar-refractivity contribution in [3.8, 4) is 6.07 Å². The van der Waals surface area contributed by atoms with Gasteiger partial charge < -0.3 is 0 Å². The van der Waals surface area contributed by atoms with Gasteiger partial charge in [-0.3, -0.25) is 10.2 Å². The molecule has 3 unspecified atom stereocenters. The molecule has 1 rings (SSSR count). The maximum absolute atomic E-state index is 9.14. The van der Waals surface area contributed by atoms with Gasteiger partial charge in [0.1, 0.15) is 6.04 Å². The number of likely N-dealkylation sites (tertiary alicyclic amines) is 1. The number of hydrogen-bond acceptors (Lipinski definition) is 3. The molecule has 1 heterocycles. The van der Waals surface area contributed by atoms with Gasteiger partial charge in [-0.1, -0.05) is 6.42 Å².